The third-order valence-corrected chi connectivity index (χ3v) is 4.20. The van der Waals surface area contributed by atoms with Crippen LogP contribution < -0.4 is 20.5 Å². The first kappa shape index (κ1) is 20.2. The Morgan fingerprint density at radius 2 is 1.76 bits per heavy atom. The first-order valence-electron chi connectivity index (χ1n) is 8.52. The molecule has 0 aliphatic rings. The molecule has 0 aliphatic heterocycles. The lowest BCUT2D eigenvalue weighted by Crippen LogP contribution is -2.09. The van der Waals surface area contributed by atoms with Gasteiger partial charge in [-0.15, -0.1) is 0 Å². The monoisotopic (exact) mass is 404 g/mol. The molecule has 3 N–H and O–H groups in total. The Hall–Kier alpha value is -3.49. The summed E-state index contributed by atoms with van der Waals surface area (Å²) in [6, 6.07) is 6.81. The molecule has 0 aliphatic carbocycles. The first-order valence-corrected chi connectivity index (χ1v) is 8.52. The van der Waals surface area contributed by atoms with E-state index in [2.05, 4.69) is 21.9 Å². The molecule has 0 saturated heterocycles. The molecular formula is C20H19F3N4O2. The predicted molar refractivity (Wildman–Crippen MR) is 106 cm³/mol. The summed E-state index contributed by atoms with van der Waals surface area (Å²) in [5, 5.41) is 3.67. The summed E-state index contributed by atoms with van der Waals surface area (Å²) in [4.78, 5) is 8.75. The summed E-state index contributed by atoms with van der Waals surface area (Å²) >= 11 is 0. The Labute approximate surface area is 165 Å². The molecule has 0 saturated carbocycles. The molecule has 9 heteroatoms. The van der Waals surface area contributed by atoms with Crippen molar-refractivity contribution in [2.45, 2.75) is 12.7 Å². The van der Waals surface area contributed by atoms with Gasteiger partial charge in [-0.05, 0) is 35.9 Å². The van der Waals surface area contributed by atoms with Crippen LogP contribution in [-0.4, -0.2) is 24.2 Å². The van der Waals surface area contributed by atoms with E-state index in [0.29, 0.717) is 39.6 Å². The minimum atomic E-state index is -4.48. The van der Waals surface area contributed by atoms with Crippen LogP contribution >= 0.6 is 0 Å². The van der Waals surface area contributed by atoms with E-state index in [9.17, 15) is 13.2 Å². The second-order valence-corrected chi connectivity index (χ2v) is 6.17. The second kappa shape index (κ2) is 7.86. The molecule has 1 heterocycles. The van der Waals surface area contributed by atoms with Crippen LogP contribution in [0.4, 0.5) is 24.7 Å². The molecule has 0 spiro atoms. The molecule has 0 unspecified atom stereocenters. The van der Waals surface area contributed by atoms with E-state index >= 15 is 0 Å². The zero-order chi connectivity index (χ0) is 21.2. The summed E-state index contributed by atoms with van der Waals surface area (Å²) < 4.78 is 49.7. The Morgan fingerprint density at radius 3 is 2.38 bits per heavy atom. The molecule has 1 aromatic heterocycles. The molecular weight excluding hydrogens is 385 g/mol. The largest absolute Gasteiger partial charge is 0.493 e. The van der Waals surface area contributed by atoms with E-state index in [1.165, 1.54) is 26.4 Å². The van der Waals surface area contributed by atoms with Crippen molar-refractivity contribution in [3.63, 3.8) is 0 Å². The predicted octanol–water partition coefficient (Wildman–Crippen LogP) is 4.50. The highest BCUT2D eigenvalue weighted by molar-refractivity contribution is 5.92. The molecule has 0 amide bonds. The molecule has 0 bridgehead atoms. The van der Waals surface area contributed by atoms with Crippen molar-refractivity contribution in [2.24, 2.45) is 0 Å². The van der Waals surface area contributed by atoms with Gasteiger partial charge in [-0.25, -0.2) is 9.97 Å². The van der Waals surface area contributed by atoms with Crippen LogP contribution in [0.5, 0.6) is 11.5 Å². The van der Waals surface area contributed by atoms with Gasteiger partial charge in [-0.3, -0.25) is 0 Å². The Kier molecular flexibility index (Phi) is 5.49. The average molecular weight is 404 g/mol. The van der Waals surface area contributed by atoms with Gasteiger partial charge in [0.05, 0.1) is 25.3 Å². The molecule has 3 rings (SSSR count). The first-order chi connectivity index (χ1) is 13.7. The lowest BCUT2D eigenvalue weighted by molar-refractivity contribution is -0.137. The summed E-state index contributed by atoms with van der Waals surface area (Å²) in [5.74, 6) is 1.74. The van der Waals surface area contributed by atoms with E-state index < -0.39 is 11.7 Å². The lowest BCUT2D eigenvalue weighted by atomic mass is 10.1. The number of hydrogen-bond acceptors (Lipinski definition) is 6. The second-order valence-electron chi connectivity index (χ2n) is 6.17. The number of nitrogen functional groups attached to an aromatic ring is 1. The van der Waals surface area contributed by atoms with Crippen LogP contribution in [0.15, 0.2) is 36.9 Å². The zero-order valence-corrected chi connectivity index (χ0v) is 15.8. The molecule has 0 radical (unpaired) electrons. The van der Waals surface area contributed by atoms with Crippen LogP contribution in [0.25, 0.3) is 17.0 Å². The number of ether oxygens (including phenoxy) is 2. The van der Waals surface area contributed by atoms with Crippen LogP contribution in [0.2, 0.25) is 0 Å². The standard InChI is InChI=1S/C20H19F3N4O2/c1-4-18-26-15-9-17(29-3)16(28-2)8-14(15)19(27-18)25-10-11-5-12(20(21,22)23)7-13(24)6-11/h4-9H,1,10,24H2,2-3H3,(H,25,26,27). The number of alkyl halides is 3. The van der Waals surface area contributed by atoms with Gasteiger partial charge in [-0.1, -0.05) is 6.58 Å². The fourth-order valence-electron chi connectivity index (χ4n) is 2.87. The number of benzene rings is 2. The van der Waals surface area contributed by atoms with E-state index in [0.717, 1.165) is 12.1 Å². The minimum absolute atomic E-state index is 0.0300. The van der Waals surface area contributed by atoms with Crippen LogP contribution in [0.1, 0.15) is 17.0 Å². The third kappa shape index (κ3) is 4.34. The quantitative estimate of drug-likeness (QED) is 0.589. The molecule has 6 nitrogen and oxygen atoms in total. The van der Waals surface area contributed by atoms with Crippen molar-refractivity contribution in [2.75, 3.05) is 25.3 Å². The number of methoxy groups -OCH3 is 2. The molecule has 152 valence electrons. The molecule has 0 atom stereocenters. The number of halogens is 3. The topological polar surface area (TPSA) is 82.3 Å². The van der Waals surface area contributed by atoms with Gasteiger partial charge in [0, 0.05) is 23.7 Å². The number of rotatable bonds is 6. The minimum Gasteiger partial charge on any atom is -0.493 e. The van der Waals surface area contributed by atoms with E-state index in [4.69, 9.17) is 15.2 Å². The zero-order valence-electron chi connectivity index (χ0n) is 15.8. The van der Waals surface area contributed by atoms with Gasteiger partial charge in [0.25, 0.3) is 0 Å². The fraction of sp³-hybridized carbons (Fsp3) is 0.200. The van der Waals surface area contributed by atoms with Crippen LogP contribution in [-0.2, 0) is 12.7 Å². The summed E-state index contributed by atoms with van der Waals surface area (Å²) in [5.41, 5.74) is 5.79. The Balaban J connectivity index is 2.01. The maximum absolute atomic E-state index is 13.0. The molecule has 29 heavy (non-hydrogen) atoms. The normalized spacial score (nSPS) is 11.3. The number of nitrogens with two attached hydrogens (primary N) is 1. The SMILES string of the molecule is C=Cc1nc(NCc2cc(N)cc(C(F)(F)F)c2)c2cc(OC)c(OC)cc2n1. The number of nitrogens with one attached hydrogen (secondary N) is 1. The average Bonchev–Trinajstić information content (AvgIpc) is 2.69. The Morgan fingerprint density at radius 1 is 1.07 bits per heavy atom. The number of anilines is 2. The highest BCUT2D eigenvalue weighted by atomic mass is 19.4. The summed E-state index contributed by atoms with van der Waals surface area (Å²) in [7, 11) is 3.01. The van der Waals surface area contributed by atoms with Gasteiger partial charge in [0.15, 0.2) is 17.3 Å². The van der Waals surface area contributed by atoms with Crippen LogP contribution in [0.3, 0.4) is 0 Å². The van der Waals surface area contributed by atoms with Crippen LogP contribution in [0, 0.1) is 0 Å². The van der Waals surface area contributed by atoms with E-state index in [1.54, 1.807) is 12.1 Å². The van der Waals surface area contributed by atoms with Gasteiger partial charge in [0.2, 0.25) is 0 Å². The highest BCUT2D eigenvalue weighted by Gasteiger charge is 2.31. The van der Waals surface area contributed by atoms with Crippen molar-refractivity contribution >= 4 is 28.5 Å². The number of nitrogens with zero attached hydrogens (tertiary/aromatic N) is 2. The highest BCUT2D eigenvalue weighted by Crippen LogP contribution is 2.35. The van der Waals surface area contributed by atoms with Crippen molar-refractivity contribution in [1.82, 2.24) is 9.97 Å². The molecule has 2 aromatic carbocycles. The number of fused-ring (bicyclic) bond motifs is 1. The van der Waals surface area contributed by atoms with Crippen molar-refractivity contribution in [3.05, 3.63) is 53.9 Å². The maximum atomic E-state index is 13.0. The van der Waals surface area contributed by atoms with E-state index in [1.807, 2.05) is 0 Å². The van der Waals surface area contributed by atoms with Gasteiger partial charge < -0.3 is 20.5 Å². The summed E-state index contributed by atoms with van der Waals surface area (Å²) in [6.45, 7) is 3.75. The van der Waals surface area contributed by atoms with Crippen molar-refractivity contribution in [1.29, 1.82) is 0 Å². The van der Waals surface area contributed by atoms with Gasteiger partial charge >= 0.3 is 6.18 Å². The number of aromatic nitrogens is 2. The van der Waals surface area contributed by atoms with Crippen molar-refractivity contribution < 1.29 is 22.6 Å². The van der Waals surface area contributed by atoms with Gasteiger partial charge in [0.1, 0.15) is 5.82 Å². The van der Waals surface area contributed by atoms with Gasteiger partial charge in [-0.2, -0.15) is 13.2 Å². The molecule has 3 aromatic rings. The fourth-order valence-corrected chi connectivity index (χ4v) is 2.87. The maximum Gasteiger partial charge on any atom is 0.416 e. The summed E-state index contributed by atoms with van der Waals surface area (Å²) in [6.07, 6.45) is -3.00. The number of hydrogen-bond donors (Lipinski definition) is 2. The third-order valence-electron chi connectivity index (χ3n) is 4.20. The molecule has 0 fully saturated rings. The Bertz CT molecular complexity index is 1070. The van der Waals surface area contributed by atoms with Crippen molar-refractivity contribution in [3.8, 4) is 11.5 Å². The lowest BCUT2D eigenvalue weighted by Gasteiger charge is -2.14. The smallest absolute Gasteiger partial charge is 0.416 e. The van der Waals surface area contributed by atoms with E-state index in [-0.39, 0.29) is 12.2 Å².